The molecule has 59 heavy (non-hydrogen) atoms. The molecule has 0 radical (unpaired) electrons. The number of rotatable bonds is 46. The first-order valence-corrected chi connectivity index (χ1v) is 25.1. The van der Waals surface area contributed by atoms with Gasteiger partial charge in [-0.2, -0.15) is 0 Å². The smallest absolute Gasteiger partial charge is 0.306 e. The van der Waals surface area contributed by atoms with Crippen LogP contribution in [-0.2, 0) is 42.9 Å². The summed E-state index contributed by atoms with van der Waals surface area (Å²) in [5.41, 5.74) is 0. The molecular formula is C50H94O9. The van der Waals surface area contributed by atoms with E-state index < -0.39 is 18.2 Å². The molecule has 348 valence electrons. The lowest BCUT2D eigenvalue weighted by Gasteiger charge is -2.22. The third-order valence-electron chi connectivity index (χ3n) is 11.0. The molecule has 0 N–H and O–H groups in total. The number of unbranched alkanes of at least 4 members (excludes halogenated alkanes) is 28. The highest BCUT2D eigenvalue weighted by molar-refractivity contribution is 5.70. The summed E-state index contributed by atoms with van der Waals surface area (Å²) in [4.78, 5) is 49.7. The standard InChI is InChI=1S/C50H94O9/c1-5-9-11-13-15-17-19-21-23-25-27-29-31-33-35-39-48(52)56-41-45(55-43-46(59-50(54)38-8-4)44-58-47(51)37-7-3)42-57-49(53)40-36-34-32-30-28-26-24-22-20-18-16-14-12-10-6-2/h45-46H,5-44H2,1-4H3. The van der Waals surface area contributed by atoms with E-state index in [1.165, 1.54) is 154 Å². The van der Waals surface area contributed by atoms with E-state index in [4.69, 9.17) is 23.7 Å². The number of hydrogen-bond acceptors (Lipinski definition) is 9. The number of carbonyl (C=O) groups is 4. The van der Waals surface area contributed by atoms with E-state index >= 15 is 0 Å². The van der Waals surface area contributed by atoms with Gasteiger partial charge < -0.3 is 23.7 Å². The highest BCUT2D eigenvalue weighted by atomic mass is 16.6. The highest BCUT2D eigenvalue weighted by Crippen LogP contribution is 2.16. The van der Waals surface area contributed by atoms with E-state index in [1.54, 1.807) is 0 Å². The lowest BCUT2D eigenvalue weighted by Crippen LogP contribution is -2.35. The Kier molecular flexibility index (Phi) is 43.7. The number of carbonyl (C=O) groups excluding carboxylic acids is 4. The first kappa shape index (κ1) is 56.8. The van der Waals surface area contributed by atoms with Gasteiger partial charge in [0.15, 0.2) is 6.10 Å². The van der Waals surface area contributed by atoms with E-state index in [0.717, 1.165) is 38.5 Å². The van der Waals surface area contributed by atoms with Gasteiger partial charge in [-0.3, -0.25) is 19.2 Å². The van der Waals surface area contributed by atoms with Crippen LogP contribution in [0.15, 0.2) is 0 Å². The van der Waals surface area contributed by atoms with Gasteiger partial charge in [-0.15, -0.1) is 0 Å². The Balaban J connectivity index is 4.58. The quantitative estimate of drug-likeness (QED) is 0.0336. The lowest BCUT2D eigenvalue weighted by molar-refractivity contribution is -0.169. The maximum absolute atomic E-state index is 12.7. The van der Waals surface area contributed by atoms with Gasteiger partial charge in [0, 0.05) is 25.7 Å². The van der Waals surface area contributed by atoms with E-state index in [-0.39, 0.29) is 57.2 Å². The molecule has 1 atom stereocenters. The zero-order chi connectivity index (χ0) is 43.3. The van der Waals surface area contributed by atoms with Crippen LogP contribution in [0.1, 0.15) is 259 Å². The Hall–Kier alpha value is -2.16. The maximum Gasteiger partial charge on any atom is 0.306 e. The molecule has 0 rings (SSSR count). The van der Waals surface area contributed by atoms with E-state index in [1.807, 2.05) is 13.8 Å². The molecule has 0 aliphatic carbocycles. The molecule has 9 nitrogen and oxygen atoms in total. The second-order valence-corrected chi connectivity index (χ2v) is 17.0. The van der Waals surface area contributed by atoms with Crippen LogP contribution in [0.2, 0.25) is 0 Å². The topological polar surface area (TPSA) is 114 Å². The Morgan fingerprint density at radius 1 is 0.288 bits per heavy atom. The summed E-state index contributed by atoms with van der Waals surface area (Å²) in [6.07, 6.45) is 38.6. The zero-order valence-electron chi connectivity index (χ0n) is 39.1. The molecule has 0 heterocycles. The first-order chi connectivity index (χ1) is 28.9. The third kappa shape index (κ3) is 42.3. The van der Waals surface area contributed by atoms with Crippen molar-refractivity contribution >= 4 is 23.9 Å². The van der Waals surface area contributed by atoms with Crippen LogP contribution in [-0.4, -0.2) is 62.5 Å². The van der Waals surface area contributed by atoms with Crippen molar-refractivity contribution in [1.29, 1.82) is 0 Å². The van der Waals surface area contributed by atoms with Crippen LogP contribution in [0.5, 0.6) is 0 Å². The van der Waals surface area contributed by atoms with Crippen molar-refractivity contribution < 1.29 is 42.9 Å². The molecule has 0 bridgehead atoms. The summed E-state index contributed by atoms with van der Waals surface area (Å²) >= 11 is 0. The second-order valence-electron chi connectivity index (χ2n) is 17.0. The summed E-state index contributed by atoms with van der Waals surface area (Å²) in [6, 6.07) is 0. The van der Waals surface area contributed by atoms with Gasteiger partial charge in [-0.25, -0.2) is 0 Å². The monoisotopic (exact) mass is 839 g/mol. The molecule has 9 heteroatoms. The number of hydrogen-bond donors (Lipinski definition) is 0. The summed E-state index contributed by atoms with van der Waals surface area (Å²) in [5.74, 6) is -1.40. The molecule has 0 saturated carbocycles. The maximum atomic E-state index is 12.7. The fourth-order valence-corrected chi connectivity index (χ4v) is 7.21. The fraction of sp³-hybridized carbons (Fsp3) is 0.920. The van der Waals surface area contributed by atoms with Crippen molar-refractivity contribution in [2.75, 3.05) is 26.4 Å². The van der Waals surface area contributed by atoms with E-state index in [9.17, 15) is 19.2 Å². The summed E-state index contributed by atoms with van der Waals surface area (Å²) < 4.78 is 28.0. The van der Waals surface area contributed by atoms with Gasteiger partial charge in [0.2, 0.25) is 0 Å². The van der Waals surface area contributed by atoms with Crippen LogP contribution >= 0.6 is 0 Å². The Morgan fingerprint density at radius 3 is 0.881 bits per heavy atom. The van der Waals surface area contributed by atoms with Crippen molar-refractivity contribution in [3.05, 3.63) is 0 Å². The lowest BCUT2D eigenvalue weighted by atomic mass is 10.0. The molecule has 0 aliphatic rings. The zero-order valence-corrected chi connectivity index (χ0v) is 39.1. The van der Waals surface area contributed by atoms with Crippen LogP contribution in [0.3, 0.4) is 0 Å². The average molecular weight is 839 g/mol. The van der Waals surface area contributed by atoms with Crippen molar-refractivity contribution in [3.63, 3.8) is 0 Å². The molecule has 0 fully saturated rings. The number of esters is 4. The predicted octanol–water partition coefficient (Wildman–Crippen LogP) is 14.0. The molecule has 0 aromatic rings. The van der Waals surface area contributed by atoms with Gasteiger partial charge in [0.25, 0.3) is 0 Å². The van der Waals surface area contributed by atoms with Crippen molar-refractivity contribution in [2.24, 2.45) is 0 Å². The first-order valence-electron chi connectivity index (χ1n) is 25.1. The molecule has 0 saturated heterocycles. The van der Waals surface area contributed by atoms with Gasteiger partial charge in [0.1, 0.15) is 25.9 Å². The predicted molar refractivity (Wildman–Crippen MR) is 241 cm³/mol. The minimum atomic E-state index is -0.829. The molecule has 0 aromatic carbocycles. The van der Waals surface area contributed by atoms with E-state index in [2.05, 4.69) is 13.8 Å². The Labute approximate surface area is 363 Å². The Morgan fingerprint density at radius 2 is 0.559 bits per heavy atom. The van der Waals surface area contributed by atoms with Crippen LogP contribution in [0, 0.1) is 0 Å². The molecular weight excluding hydrogens is 745 g/mol. The molecule has 1 unspecified atom stereocenters. The van der Waals surface area contributed by atoms with Crippen molar-refractivity contribution in [3.8, 4) is 0 Å². The third-order valence-corrected chi connectivity index (χ3v) is 11.0. The Bertz CT molecular complexity index is 905. The highest BCUT2D eigenvalue weighted by Gasteiger charge is 2.22. The average Bonchev–Trinajstić information content (AvgIpc) is 3.22. The van der Waals surface area contributed by atoms with Gasteiger partial charge in [0.05, 0.1) is 6.61 Å². The minimum absolute atomic E-state index is 0.0882. The molecule has 0 aromatic heterocycles. The molecule has 0 aliphatic heterocycles. The van der Waals surface area contributed by atoms with Gasteiger partial charge in [-0.1, -0.05) is 207 Å². The summed E-state index contributed by atoms with van der Waals surface area (Å²) in [5, 5.41) is 0. The van der Waals surface area contributed by atoms with Crippen LogP contribution in [0.4, 0.5) is 0 Å². The normalized spacial score (nSPS) is 11.8. The van der Waals surface area contributed by atoms with Crippen LogP contribution < -0.4 is 0 Å². The molecule has 0 spiro atoms. The SMILES string of the molecule is CCCCCCCCCCCCCCCCCC(=O)OCC(COC(=O)CCCCCCCCCCCCCCCCC)OCC(COC(=O)CCC)OC(=O)CCC. The summed E-state index contributed by atoms with van der Waals surface area (Å²) in [6.45, 7) is 7.89. The number of ether oxygens (including phenoxy) is 5. The molecule has 0 amide bonds. The fourth-order valence-electron chi connectivity index (χ4n) is 7.21. The van der Waals surface area contributed by atoms with Crippen molar-refractivity contribution in [1.82, 2.24) is 0 Å². The van der Waals surface area contributed by atoms with Gasteiger partial charge in [-0.05, 0) is 25.7 Å². The van der Waals surface area contributed by atoms with Gasteiger partial charge >= 0.3 is 23.9 Å². The van der Waals surface area contributed by atoms with Crippen LogP contribution in [0.25, 0.3) is 0 Å². The largest absolute Gasteiger partial charge is 0.463 e. The minimum Gasteiger partial charge on any atom is -0.463 e. The summed E-state index contributed by atoms with van der Waals surface area (Å²) in [7, 11) is 0. The van der Waals surface area contributed by atoms with Crippen molar-refractivity contribution in [2.45, 2.75) is 271 Å². The van der Waals surface area contributed by atoms with E-state index in [0.29, 0.717) is 25.7 Å². The second kappa shape index (κ2) is 45.4.